The quantitative estimate of drug-likeness (QED) is 0.445. The van der Waals surface area contributed by atoms with E-state index in [2.05, 4.69) is 15.4 Å². The molecule has 0 radical (unpaired) electrons. The molecule has 1 fully saturated rings. The molecule has 3 aromatic rings. The van der Waals surface area contributed by atoms with E-state index in [0.717, 1.165) is 31.1 Å². The van der Waals surface area contributed by atoms with Crippen LogP contribution in [0, 0.1) is 5.82 Å². The van der Waals surface area contributed by atoms with E-state index in [1.807, 2.05) is 30.3 Å². The second-order valence-electron chi connectivity index (χ2n) is 7.23. The Balaban J connectivity index is 1.46. The fraction of sp³-hybridized carbons (Fsp3) is 0.167. The molecule has 1 aliphatic rings. The Hall–Kier alpha value is -3.87. The van der Waals surface area contributed by atoms with E-state index in [1.165, 1.54) is 18.9 Å². The van der Waals surface area contributed by atoms with Crippen LogP contribution in [-0.4, -0.2) is 30.3 Å². The molecule has 7 heteroatoms. The molecule has 0 bridgehead atoms. The van der Waals surface area contributed by atoms with Gasteiger partial charge in [-0.25, -0.2) is 4.39 Å². The van der Waals surface area contributed by atoms with Gasteiger partial charge in [0.25, 0.3) is 5.91 Å². The molecule has 6 nitrogen and oxygen atoms in total. The summed E-state index contributed by atoms with van der Waals surface area (Å²) in [5, 5.41) is 16.5. The number of carbonyl (C=O) groups excluding carboxylic acids is 1. The van der Waals surface area contributed by atoms with E-state index < -0.39 is 17.5 Å². The van der Waals surface area contributed by atoms with E-state index in [-0.39, 0.29) is 11.1 Å². The molecular formula is C24H22FN3O3. The van der Waals surface area contributed by atoms with Crippen molar-refractivity contribution in [3.8, 4) is 11.5 Å². The van der Waals surface area contributed by atoms with Crippen LogP contribution in [0.2, 0.25) is 0 Å². The predicted molar refractivity (Wildman–Crippen MR) is 119 cm³/mol. The van der Waals surface area contributed by atoms with Gasteiger partial charge in [-0.1, -0.05) is 23.4 Å². The maximum Gasteiger partial charge on any atom is 0.255 e. The van der Waals surface area contributed by atoms with Crippen LogP contribution in [0.3, 0.4) is 0 Å². The zero-order chi connectivity index (χ0) is 21.6. The number of anilines is 2. The average Bonchev–Trinajstić information content (AvgIpc) is 3.33. The molecule has 3 aromatic carbocycles. The third kappa shape index (κ3) is 5.01. The maximum absolute atomic E-state index is 14.2. The first-order chi connectivity index (χ1) is 15.1. The third-order valence-electron chi connectivity index (χ3n) is 5.04. The first-order valence-electron chi connectivity index (χ1n) is 10.0. The lowest BCUT2D eigenvalue weighted by atomic mass is 10.1. The minimum absolute atomic E-state index is 0.0328. The van der Waals surface area contributed by atoms with E-state index >= 15 is 0 Å². The Morgan fingerprint density at radius 1 is 1.06 bits per heavy atom. The van der Waals surface area contributed by atoms with Crippen molar-refractivity contribution in [1.29, 1.82) is 0 Å². The first-order valence-corrected chi connectivity index (χ1v) is 10.0. The SMILES string of the molecule is O=C(Nc1ccc(N2CCCC2)cc1)c1cc(F)c(O)c(C=NOc2ccccc2)c1. The number of hydrogen-bond acceptors (Lipinski definition) is 5. The second-order valence-corrected chi connectivity index (χ2v) is 7.23. The van der Waals surface area contributed by atoms with Gasteiger partial charge < -0.3 is 20.2 Å². The molecule has 0 saturated carbocycles. The van der Waals surface area contributed by atoms with Crippen molar-refractivity contribution in [2.75, 3.05) is 23.3 Å². The molecule has 1 aliphatic heterocycles. The van der Waals surface area contributed by atoms with Gasteiger partial charge in [0.15, 0.2) is 17.3 Å². The molecule has 0 atom stereocenters. The number of phenolic OH excluding ortho intramolecular Hbond substituents is 1. The summed E-state index contributed by atoms with van der Waals surface area (Å²) in [6.07, 6.45) is 3.53. The summed E-state index contributed by atoms with van der Waals surface area (Å²) in [6.45, 7) is 2.08. The number of nitrogens with one attached hydrogen (secondary N) is 1. The molecule has 31 heavy (non-hydrogen) atoms. The van der Waals surface area contributed by atoms with Crippen LogP contribution >= 0.6 is 0 Å². The van der Waals surface area contributed by atoms with E-state index in [4.69, 9.17) is 4.84 Å². The zero-order valence-electron chi connectivity index (χ0n) is 16.8. The molecule has 4 rings (SSSR count). The van der Waals surface area contributed by atoms with Crippen LogP contribution < -0.4 is 15.1 Å². The highest BCUT2D eigenvalue weighted by Crippen LogP contribution is 2.24. The molecule has 158 valence electrons. The Labute approximate surface area is 179 Å². The summed E-state index contributed by atoms with van der Waals surface area (Å²) in [4.78, 5) is 20.1. The Bertz CT molecular complexity index is 1080. The Kier molecular flexibility index (Phi) is 6.12. The lowest BCUT2D eigenvalue weighted by Gasteiger charge is -2.17. The topological polar surface area (TPSA) is 74.2 Å². The lowest BCUT2D eigenvalue weighted by molar-refractivity contribution is 0.102. The summed E-state index contributed by atoms with van der Waals surface area (Å²) >= 11 is 0. The summed E-state index contributed by atoms with van der Waals surface area (Å²) < 4.78 is 14.2. The summed E-state index contributed by atoms with van der Waals surface area (Å²) in [6, 6.07) is 18.7. The molecule has 2 N–H and O–H groups in total. The third-order valence-corrected chi connectivity index (χ3v) is 5.04. The maximum atomic E-state index is 14.2. The second kappa shape index (κ2) is 9.30. The van der Waals surface area contributed by atoms with E-state index in [1.54, 1.807) is 24.3 Å². The smallest absolute Gasteiger partial charge is 0.255 e. The molecule has 1 heterocycles. The molecule has 0 aliphatic carbocycles. The van der Waals surface area contributed by atoms with Crippen molar-refractivity contribution in [1.82, 2.24) is 0 Å². The van der Waals surface area contributed by atoms with Crippen molar-refractivity contribution in [3.63, 3.8) is 0 Å². The molecular weight excluding hydrogens is 397 g/mol. The highest BCUT2D eigenvalue weighted by atomic mass is 19.1. The van der Waals surface area contributed by atoms with Gasteiger partial charge in [0.05, 0.1) is 6.21 Å². The lowest BCUT2D eigenvalue weighted by Crippen LogP contribution is -2.17. The number of aromatic hydroxyl groups is 1. The average molecular weight is 419 g/mol. The number of carbonyl (C=O) groups is 1. The monoisotopic (exact) mass is 419 g/mol. The largest absolute Gasteiger partial charge is 0.504 e. The van der Waals surface area contributed by atoms with Gasteiger partial charge in [0, 0.05) is 35.6 Å². The van der Waals surface area contributed by atoms with Crippen molar-refractivity contribution in [2.24, 2.45) is 5.16 Å². The number of nitrogens with zero attached hydrogens (tertiary/aromatic N) is 2. The van der Waals surface area contributed by atoms with Crippen LogP contribution in [0.25, 0.3) is 0 Å². The van der Waals surface area contributed by atoms with Gasteiger partial charge in [0.1, 0.15) is 0 Å². The van der Waals surface area contributed by atoms with Gasteiger partial charge in [0.2, 0.25) is 0 Å². The van der Waals surface area contributed by atoms with Crippen LogP contribution in [0.5, 0.6) is 11.5 Å². The van der Waals surface area contributed by atoms with Gasteiger partial charge >= 0.3 is 0 Å². The van der Waals surface area contributed by atoms with Crippen molar-refractivity contribution < 1.29 is 19.1 Å². The number of rotatable bonds is 6. The Morgan fingerprint density at radius 2 is 1.77 bits per heavy atom. The highest BCUT2D eigenvalue weighted by molar-refractivity contribution is 6.05. The molecule has 0 spiro atoms. The van der Waals surface area contributed by atoms with Crippen LogP contribution in [-0.2, 0) is 0 Å². The van der Waals surface area contributed by atoms with Gasteiger partial charge in [-0.3, -0.25) is 4.79 Å². The highest BCUT2D eigenvalue weighted by Gasteiger charge is 2.15. The van der Waals surface area contributed by atoms with Crippen molar-refractivity contribution in [2.45, 2.75) is 12.8 Å². The van der Waals surface area contributed by atoms with E-state index in [0.29, 0.717) is 11.4 Å². The number of hydrogen-bond donors (Lipinski definition) is 2. The first kappa shape index (κ1) is 20.4. The van der Waals surface area contributed by atoms with Crippen LogP contribution in [0.15, 0.2) is 71.9 Å². The van der Waals surface area contributed by atoms with Crippen LogP contribution in [0.1, 0.15) is 28.8 Å². The number of amides is 1. The number of oxime groups is 1. The van der Waals surface area contributed by atoms with Crippen molar-refractivity contribution >= 4 is 23.5 Å². The number of benzene rings is 3. The van der Waals surface area contributed by atoms with Gasteiger partial charge in [-0.2, -0.15) is 0 Å². The minimum atomic E-state index is -0.918. The minimum Gasteiger partial charge on any atom is -0.504 e. The fourth-order valence-corrected chi connectivity index (χ4v) is 3.41. The number of phenols is 1. The van der Waals surface area contributed by atoms with Crippen LogP contribution in [0.4, 0.5) is 15.8 Å². The van der Waals surface area contributed by atoms with E-state index in [9.17, 15) is 14.3 Å². The summed E-state index contributed by atoms with van der Waals surface area (Å²) in [5.41, 5.74) is 1.80. The summed E-state index contributed by atoms with van der Waals surface area (Å²) in [5.74, 6) is -1.53. The fourth-order valence-electron chi connectivity index (χ4n) is 3.41. The Morgan fingerprint density at radius 3 is 2.48 bits per heavy atom. The van der Waals surface area contributed by atoms with Crippen molar-refractivity contribution in [3.05, 3.63) is 83.7 Å². The molecule has 1 saturated heterocycles. The standard InChI is InChI=1S/C24H22FN3O3/c25-22-15-17(14-18(23(22)29)16-26-31-21-6-2-1-3-7-21)24(30)27-19-8-10-20(11-9-19)28-12-4-5-13-28/h1-3,6-11,14-16,29H,4-5,12-13H2,(H,27,30). The molecule has 1 amide bonds. The van der Waals surface area contributed by atoms with Gasteiger partial charge in [-0.05, 0) is 61.4 Å². The number of para-hydroxylation sites is 1. The predicted octanol–water partition coefficient (Wildman–Crippen LogP) is 4.80. The number of halogens is 1. The normalized spacial score (nSPS) is 13.5. The van der Waals surface area contributed by atoms with Gasteiger partial charge in [-0.15, -0.1) is 0 Å². The summed E-state index contributed by atoms with van der Waals surface area (Å²) in [7, 11) is 0. The zero-order valence-corrected chi connectivity index (χ0v) is 16.8. The molecule has 0 unspecified atom stereocenters. The molecule has 0 aromatic heterocycles.